The molecule has 0 bridgehead atoms. The standard InChI is InChI=1S/C66H104O6/c1-4-7-10-13-16-19-22-25-28-31-33-36-38-41-44-47-50-53-56-59-65(68)71-62-63(61-70-64(67)58-55-52-49-46-43-40-37-34-30-27-24-21-18-15-12-9-6-3)72-66(69)60-57-54-51-48-45-42-39-35-32-29-26-23-20-17-14-11-8-5-2/h7,9-10,12,15-16,18-19,21,24-25,27-28,30,33-37,39-41,43-44,63H,4-6,8,11,13-14,17,20,22-23,26,29,31-32,38,42,45-62H2,1-3H3/b10-7-,12-9-,18-15-,19-16-,24-21-,28-25-,30-27-,36-33-,37-34+,39-35-,43-40-,44-41-. The summed E-state index contributed by atoms with van der Waals surface area (Å²) in [6, 6.07) is 0. The van der Waals surface area contributed by atoms with Gasteiger partial charge in [0.1, 0.15) is 13.2 Å². The van der Waals surface area contributed by atoms with Crippen LogP contribution in [0.5, 0.6) is 0 Å². The molecule has 72 heavy (non-hydrogen) atoms. The topological polar surface area (TPSA) is 78.9 Å². The fourth-order valence-corrected chi connectivity index (χ4v) is 7.44. The summed E-state index contributed by atoms with van der Waals surface area (Å²) < 4.78 is 16.8. The quantitative estimate of drug-likeness (QED) is 0.0199. The number of carbonyl (C=O) groups excluding carboxylic acids is 3. The Bertz CT molecular complexity index is 1610. The molecule has 6 nitrogen and oxygen atoms in total. The first-order valence-electron chi connectivity index (χ1n) is 28.9. The predicted molar refractivity (Wildman–Crippen MR) is 311 cm³/mol. The van der Waals surface area contributed by atoms with Gasteiger partial charge in [0, 0.05) is 19.3 Å². The van der Waals surface area contributed by atoms with Gasteiger partial charge in [-0.05, 0) is 109 Å². The van der Waals surface area contributed by atoms with E-state index >= 15 is 0 Å². The minimum absolute atomic E-state index is 0.119. The minimum Gasteiger partial charge on any atom is -0.462 e. The van der Waals surface area contributed by atoms with Crippen molar-refractivity contribution in [3.63, 3.8) is 0 Å². The van der Waals surface area contributed by atoms with Crippen molar-refractivity contribution >= 4 is 17.9 Å². The molecule has 0 aromatic heterocycles. The Labute approximate surface area is 442 Å². The molecule has 0 heterocycles. The summed E-state index contributed by atoms with van der Waals surface area (Å²) >= 11 is 0. The molecule has 0 spiro atoms. The highest BCUT2D eigenvalue weighted by atomic mass is 16.6. The van der Waals surface area contributed by atoms with E-state index in [2.05, 4.69) is 106 Å². The molecule has 1 atom stereocenters. The highest BCUT2D eigenvalue weighted by molar-refractivity contribution is 5.71. The minimum atomic E-state index is -0.822. The molecule has 1 unspecified atom stereocenters. The van der Waals surface area contributed by atoms with E-state index in [4.69, 9.17) is 14.2 Å². The molecule has 0 aliphatic carbocycles. The second-order valence-corrected chi connectivity index (χ2v) is 18.6. The van der Waals surface area contributed by atoms with Gasteiger partial charge in [-0.2, -0.15) is 0 Å². The third-order valence-corrected chi connectivity index (χ3v) is 11.7. The first-order valence-corrected chi connectivity index (χ1v) is 28.9. The lowest BCUT2D eigenvalue weighted by molar-refractivity contribution is -0.167. The van der Waals surface area contributed by atoms with Crippen molar-refractivity contribution in [2.75, 3.05) is 13.2 Å². The lowest BCUT2D eigenvalue weighted by Crippen LogP contribution is -2.30. The zero-order valence-corrected chi connectivity index (χ0v) is 46.1. The molecule has 0 saturated carbocycles. The molecular formula is C66H104O6. The molecule has 0 rings (SSSR count). The summed E-state index contributed by atoms with van der Waals surface area (Å²) in [7, 11) is 0. The zero-order chi connectivity index (χ0) is 52.2. The Morgan fingerprint density at radius 3 is 1.04 bits per heavy atom. The lowest BCUT2D eigenvalue weighted by Gasteiger charge is -2.18. The van der Waals surface area contributed by atoms with Gasteiger partial charge in [-0.3, -0.25) is 14.4 Å². The number of ether oxygens (including phenoxy) is 3. The molecule has 0 amide bonds. The molecule has 0 radical (unpaired) electrons. The predicted octanol–water partition coefficient (Wildman–Crippen LogP) is 19.6. The van der Waals surface area contributed by atoms with Gasteiger partial charge in [-0.15, -0.1) is 0 Å². The number of allylic oxidation sites excluding steroid dienone is 24. The molecule has 6 heteroatoms. The Morgan fingerprint density at radius 1 is 0.306 bits per heavy atom. The summed E-state index contributed by atoms with van der Waals surface area (Å²) in [5.74, 6) is -1.01. The van der Waals surface area contributed by atoms with Gasteiger partial charge < -0.3 is 14.2 Å². The summed E-state index contributed by atoms with van der Waals surface area (Å²) in [6.07, 6.45) is 84.0. The molecule has 0 aliphatic rings. The van der Waals surface area contributed by atoms with E-state index < -0.39 is 6.10 Å². The molecule has 0 fully saturated rings. The van der Waals surface area contributed by atoms with Crippen molar-refractivity contribution in [2.45, 2.75) is 239 Å². The average Bonchev–Trinajstić information content (AvgIpc) is 3.38. The van der Waals surface area contributed by atoms with E-state index in [1.165, 1.54) is 70.6 Å². The van der Waals surface area contributed by atoms with Crippen molar-refractivity contribution in [3.05, 3.63) is 146 Å². The summed E-state index contributed by atoms with van der Waals surface area (Å²) in [5, 5.41) is 0. The molecule has 0 saturated heterocycles. The average molecular weight is 994 g/mol. The summed E-state index contributed by atoms with van der Waals surface area (Å²) in [6.45, 7) is 6.30. The Hall–Kier alpha value is -4.71. The highest BCUT2D eigenvalue weighted by Gasteiger charge is 2.19. The Kier molecular flexibility index (Phi) is 55.0. The zero-order valence-electron chi connectivity index (χ0n) is 46.1. The van der Waals surface area contributed by atoms with Gasteiger partial charge in [0.05, 0.1) is 0 Å². The van der Waals surface area contributed by atoms with Crippen LogP contribution in [0.2, 0.25) is 0 Å². The maximum Gasteiger partial charge on any atom is 0.306 e. The van der Waals surface area contributed by atoms with E-state index in [0.717, 1.165) is 122 Å². The van der Waals surface area contributed by atoms with Crippen LogP contribution in [0.25, 0.3) is 0 Å². The second-order valence-electron chi connectivity index (χ2n) is 18.6. The van der Waals surface area contributed by atoms with Crippen molar-refractivity contribution in [1.29, 1.82) is 0 Å². The number of rotatable bonds is 50. The van der Waals surface area contributed by atoms with Crippen molar-refractivity contribution < 1.29 is 28.6 Å². The largest absolute Gasteiger partial charge is 0.462 e. The summed E-state index contributed by atoms with van der Waals surface area (Å²) in [5.41, 5.74) is 0. The normalized spacial score (nSPS) is 13.2. The van der Waals surface area contributed by atoms with E-state index in [-0.39, 0.29) is 31.1 Å². The molecule has 0 N–H and O–H groups in total. The van der Waals surface area contributed by atoms with Gasteiger partial charge in [-0.25, -0.2) is 0 Å². The number of hydrogen-bond acceptors (Lipinski definition) is 6. The van der Waals surface area contributed by atoms with E-state index in [9.17, 15) is 14.4 Å². The lowest BCUT2D eigenvalue weighted by atomic mass is 10.1. The monoisotopic (exact) mass is 993 g/mol. The van der Waals surface area contributed by atoms with Crippen LogP contribution in [0.3, 0.4) is 0 Å². The number of hydrogen-bond donors (Lipinski definition) is 0. The first-order chi connectivity index (χ1) is 35.5. The fraction of sp³-hybridized carbons (Fsp3) is 0.591. The van der Waals surface area contributed by atoms with E-state index in [1.807, 2.05) is 60.8 Å². The molecular weight excluding hydrogens is 889 g/mol. The van der Waals surface area contributed by atoms with Crippen LogP contribution in [0, 0.1) is 0 Å². The fourth-order valence-electron chi connectivity index (χ4n) is 7.44. The van der Waals surface area contributed by atoms with Gasteiger partial charge in [0.15, 0.2) is 6.10 Å². The van der Waals surface area contributed by atoms with Crippen molar-refractivity contribution in [3.8, 4) is 0 Å². The van der Waals surface area contributed by atoms with Crippen LogP contribution in [0.4, 0.5) is 0 Å². The SMILES string of the molecule is CC\C=C/C=C\C=C/C=C\C=C\C=C/CCCCCC(=O)OCC(COC(=O)CCCCC/C=C\C/C=C\C/C=C\C/C=C\C/C=C\CC)OC(=O)CCCCCCC/C=C\CCCCCCCCCCC. The molecule has 0 aliphatic heterocycles. The van der Waals surface area contributed by atoms with Crippen LogP contribution in [0.15, 0.2) is 146 Å². The van der Waals surface area contributed by atoms with Crippen molar-refractivity contribution in [1.82, 2.24) is 0 Å². The highest BCUT2D eigenvalue weighted by Crippen LogP contribution is 2.14. The third-order valence-electron chi connectivity index (χ3n) is 11.7. The van der Waals surface area contributed by atoms with Crippen LogP contribution < -0.4 is 0 Å². The van der Waals surface area contributed by atoms with Crippen LogP contribution in [-0.2, 0) is 28.6 Å². The second kappa shape index (κ2) is 58.9. The van der Waals surface area contributed by atoms with E-state index in [1.54, 1.807) is 0 Å². The van der Waals surface area contributed by atoms with Crippen LogP contribution >= 0.6 is 0 Å². The molecule has 0 aromatic carbocycles. The van der Waals surface area contributed by atoms with Crippen molar-refractivity contribution in [2.24, 2.45) is 0 Å². The van der Waals surface area contributed by atoms with Gasteiger partial charge in [-0.1, -0.05) is 250 Å². The number of carbonyl (C=O) groups is 3. The Morgan fingerprint density at radius 2 is 0.611 bits per heavy atom. The first kappa shape index (κ1) is 67.3. The third kappa shape index (κ3) is 56.2. The number of unbranched alkanes of at least 4 members (excludes halogenated alkanes) is 20. The maximum atomic E-state index is 12.9. The van der Waals surface area contributed by atoms with E-state index in [0.29, 0.717) is 19.3 Å². The van der Waals surface area contributed by atoms with Crippen LogP contribution in [-0.4, -0.2) is 37.2 Å². The molecule has 0 aromatic rings. The maximum absolute atomic E-state index is 12.9. The molecule has 404 valence electrons. The Balaban J connectivity index is 4.57. The van der Waals surface area contributed by atoms with Gasteiger partial charge >= 0.3 is 17.9 Å². The summed E-state index contributed by atoms with van der Waals surface area (Å²) in [4.78, 5) is 38.2. The van der Waals surface area contributed by atoms with Gasteiger partial charge in [0.25, 0.3) is 0 Å². The number of esters is 3. The smallest absolute Gasteiger partial charge is 0.306 e. The van der Waals surface area contributed by atoms with Crippen LogP contribution in [0.1, 0.15) is 233 Å². The van der Waals surface area contributed by atoms with Gasteiger partial charge in [0.2, 0.25) is 0 Å².